The maximum absolute atomic E-state index is 3.36. The van der Waals surface area contributed by atoms with Crippen LogP contribution in [0.3, 0.4) is 0 Å². The summed E-state index contributed by atoms with van der Waals surface area (Å²) in [7, 11) is 2.07. The monoisotopic (exact) mass is 183 g/mol. The number of likely N-dealkylation sites (N-methyl/N-ethyl adjacent to an activating group) is 1. The van der Waals surface area contributed by atoms with E-state index in [1.54, 1.807) is 0 Å². The van der Waals surface area contributed by atoms with Crippen molar-refractivity contribution in [3.05, 3.63) is 0 Å². The molecule has 0 amide bonds. The van der Waals surface area contributed by atoms with Crippen LogP contribution >= 0.6 is 0 Å². The standard InChI is InChI=1S/C10H21N3/c1-11-10-5-8-13(9-10)12-6-3-2-4-7-12/h10-11H,2-9H2,1H3. The van der Waals surface area contributed by atoms with E-state index in [1.165, 1.54) is 51.9 Å². The molecule has 1 N–H and O–H groups in total. The molecular formula is C10H21N3. The SMILES string of the molecule is CNC1CCN(N2CCCCC2)C1. The Morgan fingerprint density at radius 3 is 2.38 bits per heavy atom. The first-order chi connectivity index (χ1) is 6.40. The zero-order chi connectivity index (χ0) is 9.10. The molecule has 2 aliphatic heterocycles. The maximum Gasteiger partial charge on any atom is 0.0287 e. The maximum atomic E-state index is 3.36. The fraction of sp³-hybridized carbons (Fsp3) is 1.00. The van der Waals surface area contributed by atoms with Gasteiger partial charge in [-0.05, 0) is 26.3 Å². The third-order valence-corrected chi connectivity index (χ3v) is 3.31. The molecule has 76 valence electrons. The van der Waals surface area contributed by atoms with E-state index < -0.39 is 0 Å². The van der Waals surface area contributed by atoms with Crippen molar-refractivity contribution in [2.24, 2.45) is 0 Å². The summed E-state index contributed by atoms with van der Waals surface area (Å²) in [6.07, 6.45) is 5.52. The van der Waals surface area contributed by atoms with Crippen molar-refractivity contribution >= 4 is 0 Å². The molecule has 13 heavy (non-hydrogen) atoms. The van der Waals surface area contributed by atoms with Crippen LogP contribution < -0.4 is 5.32 Å². The fourth-order valence-electron chi connectivity index (χ4n) is 2.39. The lowest BCUT2D eigenvalue weighted by molar-refractivity contribution is -0.0203. The van der Waals surface area contributed by atoms with Crippen LogP contribution in [0, 0.1) is 0 Å². The van der Waals surface area contributed by atoms with Crippen LogP contribution in [0.25, 0.3) is 0 Å². The molecule has 2 fully saturated rings. The third kappa shape index (κ3) is 2.22. The predicted octanol–water partition coefficient (Wildman–Crippen LogP) is 0.681. The summed E-state index contributed by atoms with van der Waals surface area (Å²) in [5.74, 6) is 0. The van der Waals surface area contributed by atoms with Crippen LogP contribution in [-0.2, 0) is 0 Å². The highest BCUT2D eigenvalue weighted by molar-refractivity contribution is 4.79. The normalized spacial score (nSPS) is 32.5. The van der Waals surface area contributed by atoms with E-state index in [9.17, 15) is 0 Å². The quantitative estimate of drug-likeness (QED) is 0.679. The number of hydrazine groups is 1. The first-order valence-corrected chi connectivity index (χ1v) is 5.57. The molecule has 2 rings (SSSR count). The molecule has 0 aromatic rings. The molecule has 2 saturated heterocycles. The first kappa shape index (κ1) is 9.44. The summed E-state index contributed by atoms with van der Waals surface area (Å²) >= 11 is 0. The van der Waals surface area contributed by atoms with Crippen molar-refractivity contribution in [1.82, 2.24) is 15.3 Å². The molecule has 0 aliphatic carbocycles. The van der Waals surface area contributed by atoms with E-state index in [-0.39, 0.29) is 0 Å². The Kier molecular flexibility index (Phi) is 3.19. The molecule has 3 heteroatoms. The average molecular weight is 183 g/mol. The topological polar surface area (TPSA) is 18.5 Å². The van der Waals surface area contributed by atoms with Gasteiger partial charge in [-0.25, -0.2) is 10.0 Å². The van der Waals surface area contributed by atoms with Gasteiger partial charge in [0.15, 0.2) is 0 Å². The smallest absolute Gasteiger partial charge is 0.0287 e. The van der Waals surface area contributed by atoms with Gasteiger partial charge in [-0.3, -0.25) is 0 Å². The van der Waals surface area contributed by atoms with Crippen LogP contribution in [0.1, 0.15) is 25.7 Å². The van der Waals surface area contributed by atoms with Crippen molar-refractivity contribution in [1.29, 1.82) is 0 Å². The lowest BCUT2D eigenvalue weighted by atomic mass is 10.2. The largest absolute Gasteiger partial charge is 0.316 e. The van der Waals surface area contributed by atoms with Crippen molar-refractivity contribution in [3.63, 3.8) is 0 Å². The lowest BCUT2D eigenvalue weighted by Crippen LogP contribution is -2.45. The van der Waals surface area contributed by atoms with Crippen molar-refractivity contribution < 1.29 is 0 Å². The van der Waals surface area contributed by atoms with Gasteiger partial charge in [0.25, 0.3) is 0 Å². The predicted molar refractivity (Wildman–Crippen MR) is 54.5 cm³/mol. The molecule has 0 aromatic heterocycles. The Balaban J connectivity index is 1.80. The number of piperidine rings is 1. The van der Waals surface area contributed by atoms with Crippen molar-refractivity contribution in [2.45, 2.75) is 31.7 Å². The number of hydrogen-bond acceptors (Lipinski definition) is 3. The van der Waals surface area contributed by atoms with Gasteiger partial charge >= 0.3 is 0 Å². The highest BCUT2D eigenvalue weighted by Crippen LogP contribution is 2.16. The zero-order valence-corrected chi connectivity index (χ0v) is 8.63. The van der Waals surface area contributed by atoms with Gasteiger partial charge in [-0.2, -0.15) is 0 Å². The van der Waals surface area contributed by atoms with Gasteiger partial charge in [0.05, 0.1) is 0 Å². The van der Waals surface area contributed by atoms with Crippen LogP contribution in [0.2, 0.25) is 0 Å². The summed E-state index contributed by atoms with van der Waals surface area (Å²) in [6, 6.07) is 0.724. The van der Waals surface area contributed by atoms with Gasteiger partial charge in [-0.15, -0.1) is 0 Å². The van der Waals surface area contributed by atoms with E-state index in [2.05, 4.69) is 22.4 Å². The second-order valence-electron chi connectivity index (χ2n) is 4.20. The highest BCUT2D eigenvalue weighted by Gasteiger charge is 2.26. The fourth-order valence-corrected chi connectivity index (χ4v) is 2.39. The molecule has 2 aliphatic rings. The van der Waals surface area contributed by atoms with Crippen molar-refractivity contribution in [3.8, 4) is 0 Å². The molecule has 2 heterocycles. The van der Waals surface area contributed by atoms with Crippen LogP contribution in [0.15, 0.2) is 0 Å². The van der Waals surface area contributed by atoms with Crippen LogP contribution in [-0.4, -0.2) is 49.3 Å². The summed E-state index contributed by atoms with van der Waals surface area (Å²) in [5.41, 5.74) is 0. The molecule has 1 unspecified atom stereocenters. The van der Waals surface area contributed by atoms with E-state index in [0.717, 1.165) is 6.04 Å². The van der Waals surface area contributed by atoms with Gasteiger partial charge in [0, 0.05) is 32.2 Å². The molecule has 0 bridgehead atoms. The summed E-state index contributed by atoms with van der Waals surface area (Å²) in [5, 5.41) is 8.46. The minimum atomic E-state index is 0.724. The minimum absolute atomic E-state index is 0.724. The molecule has 0 radical (unpaired) electrons. The van der Waals surface area contributed by atoms with Gasteiger partial charge in [-0.1, -0.05) is 6.42 Å². The second kappa shape index (κ2) is 4.40. The Bertz CT molecular complexity index is 154. The third-order valence-electron chi connectivity index (χ3n) is 3.31. The van der Waals surface area contributed by atoms with Gasteiger partial charge in [0.2, 0.25) is 0 Å². The lowest BCUT2D eigenvalue weighted by Gasteiger charge is -2.34. The summed E-state index contributed by atoms with van der Waals surface area (Å²) in [4.78, 5) is 0. The zero-order valence-electron chi connectivity index (χ0n) is 8.63. The van der Waals surface area contributed by atoms with Crippen LogP contribution in [0.4, 0.5) is 0 Å². The number of rotatable bonds is 2. The molecule has 0 spiro atoms. The minimum Gasteiger partial charge on any atom is -0.316 e. The van der Waals surface area contributed by atoms with Crippen molar-refractivity contribution in [2.75, 3.05) is 33.2 Å². The van der Waals surface area contributed by atoms with Gasteiger partial charge < -0.3 is 5.32 Å². The first-order valence-electron chi connectivity index (χ1n) is 5.57. The number of nitrogens with one attached hydrogen (secondary N) is 1. The van der Waals surface area contributed by atoms with E-state index in [4.69, 9.17) is 0 Å². The Labute approximate surface area is 81.1 Å². The second-order valence-corrected chi connectivity index (χ2v) is 4.20. The van der Waals surface area contributed by atoms with Crippen LogP contribution in [0.5, 0.6) is 0 Å². The summed E-state index contributed by atoms with van der Waals surface area (Å²) in [6.45, 7) is 5.05. The number of nitrogens with zero attached hydrogens (tertiary/aromatic N) is 2. The molecular weight excluding hydrogens is 162 g/mol. The molecule has 0 saturated carbocycles. The van der Waals surface area contributed by atoms with Gasteiger partial charge in [0.1, 0.15) is 0 Å². The Morgan fingerprint density at radius 1 is 1.00 bits per heavy atom. The average Bonchev–Trinajstić information content (AvgIpc) is 2.67. The highest BCUT2D eigenvalue weighted by atomic mass is 15.6. The summed E-state index contributed by atoms with van der Waals surface area (Å²) < 4.78 is 0. The Morgan fingerprint density at radius 2 is 1.77 bits per heavy atom. The van der Waals surface area contributed by atoms with E-state index in [0.29, 0.717) is 0 Å². The van der Waals surface area contributed by atoms with E-state index >= 15 is 0 Å². The Hall–Kier alpha value is -0.120. The number of hydrogen-bond donors (Lipinski definition) is 1. The molecule has 0 aromatic carbocycles. The molecule has 3 nitrogen and oxygen atoms in total. The van der Waals surface area contributed by atoms with E-state index in [1.807, 2.05) is 0 Å². The molecule has 1 atom stereocenters.